The van der Waals surface area contributed by atoms with E-state index in [4.69, 9.17) is 5.73 Å². The largest absolute Gasteiger partial charge is 0.369 e. The Hall–Kier alpha value is -3.74. The van der Waals surface area contributed by atoms with Gasteiger partial charge in [-0.1, -0.05) is 67.8 Å². The third kappa shape index (κ3) is 6.39. The lowest BCUT2D eigenvalue weighted by Gasteiger charge is -2.33. The van der Waals surface area contributed by atoms with Crippen molar-refractivity contribution < 1.29 is 19.2 Å². The molecular formula is C31H37N3O4. The Kier molecular flexibility index (Phi) is 9.10. The van der Waals surface area contributed by atoms with Gasteiger partial charge >= 0.3 is 0 Å². The lowest BCUT2D eigenvalue weighted by Crippen LogP contribution is -2.51. The van der Waals surface area contributed by atoms with Crippen molar-refractivity contribution >= 4 is 29.2 Å². The average molecular weight is 516 g/mol. The van der Waals surface area contributed by atoms with Crippen LogP contribution in [0, 0.1) is 17.8 Å². The number of rotatable bonds is 11. The zero-order valence-electron chi connectivity index (χ0n) is 21.8. The molecule has 0 aromatic heterocycles. The molecule has 1 saturated heterocycles. The summed E-state index contributed by atoms with van der Waals surface area (Å²) < 4.78 is 0. The minimum absolute atomic E-state index is 0.113. The molecule has 0 radical (unpaired) electrons. The number of anilines is 1. The topological polar surface area (TPSA) is 110 Å². The maximum absolute atomic E-state index is 13.7. The van der Waals surface area contributed by atoms with E-state index in [0.717, 1.165) is 32.1 Å². The summed E-state index contributed by atoms with van der Waals surface area (Å²) in [5.41, 5.74) is 7.40. The van der Waals surface area contributed by atoms with Gasteiger partial charge in [-0.15, -0.1) is 6.58 Å². The molecule has 1 aliphatic carbocycles. The van der Waals surface area contributed by atoms with Gasteiger partial charge in [-0.25, -0.2) is 0 Å². The Balaban J connectivity index is 1.53. The smallest absolute Gasteiger partial charge is 0.249 e. The van der Waals surface area contributed by atoms with E-state index in [-0.39, 0.29) is 17.6 Å². The van der Waals surface area contributed by atoms with E-state index < -0.39 is 23.8 Å². The van der Waals surface area contributed by atoms with Crippen LogP contribution in [0.15, 0.2) is 67.3 Å². The van der Waals surface area contributed by atoms with Gasteiger partial charge < -0.3 is 16.0 Å². The second-order valence-corrected chi connectivity index (χ2v) is 10.5. The zero-order chi connectivity index (χ0) is 27.1. The fraction of sp³-hybridized carbons (Fsp3) is 0.419. The van der Waals surface area contributed by atoms with Crippen molar-refractivity contribution in [2.75, 3.05) is 11.4 Å². The number of nitrogens with zero attached hydrogens (tertiary/aromatic N) is 1. The first kappa shape index (κ1) is 27.3. The predicted octanol–water partition coefficient (Wildman–Crippen LogP) is 4.40. The molecule has 200 valence electrons. The number of ketones is 1. The van der Waals surface area contributed by atoms with Crippen molar-refractivity contribution in [2.24, 2.45) is 23.5 Å². The van der Waals surface area contributed by atoms with Crippen molar-refractivity contribution in [1.29, 1.82) is 0 Å². The number of nitrogens with two attached hydrogens (primary N) is 1. The molecule has 4 rings (SSSR count). The van der Waals surface area contributed by atoms with E-state index >= 15 is 0 Å². The maximum Gasteiger partial charge on any atom is 0.249 e. The molecule has 1 aliphatic heterocycles. The molecule has 2 aliphatic rings. The highest BCUT2D eigenvalue weighted by molar-refractivity contribution is 6.10. The van der Waals surface area contributed by atoms with Crippen LogP contribution < -0.4 is 16.0 Å². The summed E-state index contributed by atoms with van der Waals surface area (Å²) in [7, 11) is 0. The minimum atomic E-state index is -0.709. The first-order valence-corrected chi connectivity index (χ1v) is 13.6. The van der Waals surface area contributed by atoms with Crippen molar-refractivity contribution in [3.05, 3.63) is 78.4 Å². The highest BCUT2D eigenvalue weighted by Crippen LogP contribution is 2.36. The van der Waals surface area contributed by atoms with Gasteiger partial charge in [-0.3, -0.25) is 19.2 Å². The lowest BCUT2D eigenvalue weighted by atomic mass is 9.74. The number of nitrogens with one attached hydrogen (secondary N) is 1. The zero-order valence-corrected chi connectivity index (χ0v) is 21.8. The highest BCUT2D eigenvalue weighted by atomic mass is 16.2. The summed E-state index contributed by atoms with van der Waals surface area (Å²) in [4.78, 5) is 54.1. The first-order valence-electron chi connectivity index (χ1n) is 13.6. The molecule has 7 heteroatoms. The lowest BCUT2D eigenvalue weighted by molar-refractivity contribution is -0.136. The summed E-state index contributed by atoms with van der Waals surface area (Å²) in [6.07, 6.45) is 7.81. The monoisotopic (exact) mass is 515 g/mol. The Labute approximate surface area is 224 Å². The van der Waals surface area contributed by atoms with Gasteiger partial charge in [-0.2, -0.15) is 0 Å². The molecule has 0 unspecified atom stereocenters. The van der Waals surface area contributed by atoms with E-state index in [1.54, 1.807) is 41.3 Å². The molecule has 0 spiro atoms. The number of hydrogen-bond donors (Lipinski definition) is 2. The Morgan fingerprint density at radius 2 is 1.71 bits per heavy atom. The van der Waals surface area contributed by atoms with Crippen LogP contribution in [0.1, 0.15) is 67.3 Å². The molecule has 3 amide bonds. The molecule has 3 atom stereocenters. The van der Waals surface area contributed by atoms with Gasteiger partial charge in [0.2, 0.25) is 17.7 Å². The molecule has 0 bridgehead atoms. The van der Waals surface area contributed by atoms with Crippen LogP contribution in [0.3, 0.4) is 0 Å². The summed E-state index contributed by atoms with van der Waals surface area (Å²) >= 11 is 0. The molecule has 7 nitrogen and oxygen atoms in total. The Bertz CT molecular complexity index is 1170. The third-order valence-corrected chi connectivity index (χ3v) is 7.88. The van der Waals surface area contributed by atoms with Gasteiger partial charge in [0, 0.05) is 23.4 Å². The number of benzene rings is 2. The van der Waals surface area contributed by atoms with E-state index in [0.29, 0.717) is 48.5 Å². The van der Waals surface area contributed by atoms with Crippen molar-refractivity contribution in [3.8, 4) is 0 Å². The Morgan fingerprint density at radius 3 is 2.37 bits per heavy atom. The number of carbonyl (C=O) groups is 4. The van der Waals surface area contributed by atoms with Gasteiger partial charge in [0.05, 0.1) is 11.8 Å². The van der Waals surface area contributed by atoms with Crippen molar-refractivity contribution in [3.63, 3.8) is 0 Å². The molecule has 3 N–H and O–H groups in total. The summed E-state index contributed by atoms with van der Waals surface area (Å²) in [5, 5.41) is 2.98. The van der Waals surface area contributed by atoms with Crippen LogP contribution in [-0.2, 0) is 14.4 Å². The molecule has 2 fully saturated rings. The third-order valence-electron chi connectivity index (χ3n) is 7.88. The van der Waals surface area contributed by atoms with E-state index in [1.165, 1.54) is 0 Å². The second-order valence-electron chi connectivity index (χ2n) is 10.5. The Morgan fingerprint density at radius 1 is 0.974 bits per heavy atom. The number of primary amides is 1. The fourth-order valence-electron chi connectivity index (χ4n) is 5.48. The van der Waals surface area contributed by atoms with Crippen LogP contribution in [0.4, 0.5) is 5.69 Å². The van der Waals surface area contributed by atoms with Crippen LogP contribution in [0.25, 0.3) is 0 Å². The van der Waals surface area contributed by atoms with Crippen molar-refractivity contribution in [2.45, 2.75) is 57.4 Å². The summed E-state index contributed by atoms with van der Waals surface area (Å²) in [6, 6.07) is 15.4. The van der Waals surface area contributed by atoms with E-state index in [1.807, 2.05) is 24.3 Å². The van der Waals surface area contributed by atoms with Crippen LogP contribution in [0.2, 0.25) is 0 Å². The van der Waals surface area contributed by atoms with Gasteiger partial charge in [-0.05, 0) is 50.2 Å². The highest BCUT2D eigenvalue weighted by Gasteiger charge is 2.38. The SMILES string of the molecule is C=CC[C@H](C(N)=O)[C@@H](CC1CCC1)C(=O)N[C@H]1CCCCN(c2cccc(C(=O)c3ccccc3)c2)C1=O. The number of allylic oxidation sites excluding steroid dienone is 1. The molecule has 1 saturated carbocycles. The minimum Gasteiger partial charge on any atom is -0.369 e. The predicted molar refractivity (Wildman–Crippen MR) is 147 cm³/mol. The summed E-state index contributed by atoms with van der Waals surface area (Å²) in [6.45, 7) is 4.24. The number of carbonyl (C=O) groups excluding carboxylic acids is 4. The quantitative estimate of drug-likeness (QED) is 0.341. The maximum atomic E-state index is 13.7. The van der Waals surface area contributed by atoms with E-state index in [2.05, 4.69) is 11.9 Å². The van der Waals surface area contributed by atoms with E-state index in [9.17, 15) is 19.2 Å². The van der Waals surface area contributed by atoms with Crippen LogP contribution >= 0.6 is 0 Å². The first-order chi connectivity index (χ1) is 18.4. The van der Waals surface area contributed by atoms with Crippen molar-refractivity contribution in [1.82, 2.24) is 5.32 Å². The molecule has 2 aromatic carbocycles. The van der Waals surface area contributed by atoms with Gasteiger partial charge in [0.1, 0.15) is 6.04 Å². The molecule has 2 aromatic rings. The standard InChI is InChI=1S/C31H37N3O4/c1-2-10-25(29(32)36)26(19-21-11-8-12-21)30(37)33-27-17-6-7-18-34(31(27)38)24-16-9-15-23(20-24)28(35)22-13-4-3-5-14-22/h2-5,9,13-16,20-21,25-27H,1,6-8,10-12,17-19H2,(H2,32,36)(H,33,37)/t25-,26+,27-/m0/s1. The normalized spacial score (nSPS) is 19.5. The number of amides is 3. The molecule has 38 heavy (non-hydrogen) atoms. The van der Waals surface area contributed by atoms with Gasteiger partial charge in [0.25, 0.3) is 0 Å². The molecule has 1 heterocycles. The average Bonchev–Trinajstić information content (AvgIpc) is 3.08. The van der Waals surface area contributed by atoms with Gasteiger partial charge in [0.15, 0.2) is 5.78 Å². The summed E-state index contributed by atoms with van der Waals surface area (Å²) in [5.74, 6) is -1.98. The number of hydrogen-bond acceptors (Lipinski definition) is 4. The second kappa shape index (κ2) is 12.7. The fourth-order valence-corrected chi connectivity index (χ4v) is 5.48. The van der Waals surface area contributed by atoms with Crippen LogP contribution in [-0.4, -0.2) is 36.1 Å². The molecular weight excluding hydrogens is 478 g/mol. The van der Waals surface area contributed by atoms with Crippen LogP contribution in [0.5, 0.6) is 0 Å².